The Morgan fingerprint density at radius 2 is 1.67 bits per heavy atom. The van der Waals surface area contributed by atoms with Crippen LogP contribution in [0.1, 0.15) is 10.4 Å². The number of H-pyrrole nitrogens is 1. The van der Waals surface area contributed by atoms with Gasteiger partial charge in [0.25, 0.3) is 0 Å². The third-order valence-corrected chi connectivity index (χ3v) is 4.87. The molecule has 2 unspecified atom stereocenters. The third kappa shape index (κ3) is 1.74. The molecule has 2 atom stereocenters. The lowest BCUT2D eigenvalue weighted by molar-refractivity contribution is 0.0945. The summed E-state index contributed by atoms with van der Waals surface area (Å²) in [6.45, 7) is 0. The highest BCUT2D eigenvalue weighted by molar-refractivity contribution is 6.08. The van der Waals surface area contributed by atoms with Gasteiger partial charge < -0.3 is 10.3 Å². The maximum absolute atomic E-state index is 12.8. The molecule has 1 aliphatic heterocycles. The molecule has 2 heterocycles. The Morgan fingerprint density at radius 3 is 2.58 bits per heavy atom. The van der Waals surface area contributed by atoms with E-state index in [4.69, 9.17) is 0 Å². The molecular formula is C20H14N2O2. The highest BCUT2D eigenvalue weighted by Gasteiger charge is 2.34. The van der Waals surface area contributed by atoms with E-state index in [-0.39, 0.29) is 23.2 Å². The second-order valence-electron chi connectivity index (χ2n) is 6.27. The minimum Gasteiger partial charge on any atom is -0.377 e. The van der Waals surface area contributed by atoms with Crippen molar-refractivity contribution in [1.82, 2.24) is 4.98 Å². The van der Waals surface area contributed by atoms with E-state index in [9.17, 15) is 9.59 Å². The molecule has 3 aromatic rings. The lowest BCUT2D eigenvalue weighted by atomic mass is 9.83. The van der Waals surface area contributed by atoms with Crippen LogP contribution in [-0.4, -0.2) is 16.8 Å². The van der Waals surface area contributed by atoms with Crippen LogP contribution >= 0.6 is 0 Å². The number of anilines is 1. The molecule has 0 bridgehead atoms. The number of para-hydroxylation sites is 2. The molecule has 5 rings (SSSR count). The van der Waals surface area contributed by atoms with Gasteiger partial charge in [0.2, 0.25) is 0 Å². The van der Waals surface area contributed by atoms with Gasteiger partial charge in [0.15, 0.2) is 11.2 Å². The molecule has 2 aliphatic rings. The van der Waals surface area contributed by atoms with Crippen molar-refractivity contribution in [1.29, 1.82) is 0 Å². The first kappa shape index (κ1) is 13.3. The zero-order valence-corrected chi connectivity index (χ0v) is 12.7. The molecule has 0 fully saturated rings. The first-order chi connectivity index (χ1) is 11.7. The molecule has 0 saturated carbocycles. The van der Waals surface area contributed by atoms with Crippen molar-refractivity contribution in [3.05, 3.63) is 74.9 Å². The van der Waals surface area contributed by atoms with Crippen LogP contribution in [0.5, 0.6) is 0 Å². The molecule has 24 heavy (non-hydrogen) atoms. The Bertz CT molecular complexity index is 1190. The summed E-state index contributed by atoms with van der Waals surface area (Å²) >= 11 is 0. The van der Waals surface area contributed by atoms with Crippen molar-refractivity contribution in [3.8, 4) is 0 Å². The summed E-state index contributed by atoms with van der Waals surface area (Å²) in [7, 11) is 0. The van der Waals surface area contributed by atoms with Crippen molar-refractivity contribution in [2.75, 3.05) is 5.32 Å². The SMILES string of the molecule is O=C1c2ccccc2NC2C=c3c([nH]c4ccccc4c3=O)=CC12. The molecule has 4 heteroatoms. The van der Waals surface area contributed by atoms with Gasteiger partial charge in [0.05, 0.1) is 12.0 Å². The van der Waals surface area contributed by atoms with Gasteiger partial charge in [-0.3, -0.25) is 9.59 Å². The number of carbonyl (C=O) groups is 1. The zero-order valence-electron chi connectivity index (χ0n) is 12.7. The molecule has 0 amide bonds. The van der Waals surface area contributed by atoms with Crippen LogP contribution in [0.3, 0.4) is 0 Å². The van der Waals surface area contributed by atoms with Crippen molar-refractivity contribution >= 4 is 34.5 Å². The Labute approximate surface area is 137 Å². The molecule has 4 nitrogen and oxygen atoms in total. The molecule has 116 valence electrons. The van der Waals surface area contributed by atoms with Gasteiger partial charge in [-0.1, -0.05) is 24.3 Å². The summed E-state index contributed by atoms with van der Waals surface area (Å²) in [5, 5.41) is 5.42. The van der Waals surface area contributed by atoms with Gasteiger partial charge in [-0.15, -0.1) is 0 Å². The molecule has 2 N–H and O–H groups in total. The maximum atomic E-state index is 12.8. The average Bonchev–Trinajstić information content (AvgIpc) is 2.62. The Morgan fingerprint density at radius 1 is 0.875 bits per heavy atom. The average molecular weight is 314 g/mol. The first-order valence-corrected chi connectivity index (χ1v) is 7.97. The fourth-order valence-corrected chi connectivity index (χ4v) is 3.69. The predicted molar refractivity (Wildman–Crippen MR) is 94.4 cm³/mol. The number of hydrogen-bond donors (Lipinski definition) is 2. The number of aromatic amines is 1. The van der Waals surface area contributed by atoms with Crippen LogP contribution in [0.15, 0.2) is 53.3 Å². The molecular weight excluding hydrogens is 300 g/mol. The number of benzene rings is 2. The lowest BCUT2D eigenvalue weighted by Gasteiger charge is -2.31. The second kappa shape index (κ2) is 4.68. The molecule has 0 spiro atoms. The number of hydrogen-bond acceptors (Lipinski definition) is 3. The quantitative estimate of drug-likeness (QED) is 0.659. The van der Waals surface area contributed by atoms with Crippen LogP contribution < -0.4 is 21.3 Å². The minimum absolute atomic E-state index is 0.00200. The largest absolute Gasteiger partial charge is 0.377 e. The third-order valence-electron chi connectivity index (χ3n) is 4.87. The molecule has 0 radical (unpaired) electrons. The highest BCUT2D eigenvalue weighted by Crippen LogP contribution is 2.30. The molecule has 1 aliphatic carbocycles. The van der Waals surface area contributed by atoms with E-state index in [0.717, 1.165) is 16.6 Å². The van der Waals surface area contributed by atoms with Gasteiger partial charge in [0.1, 0.15) is 0 Å². The highest BCUT2D eigenvalue weighted by atomic mass is 16.1. The molecule has 2 aromatic carbocycles. The Kier molecular flexibility index (Phi) is 2.59. The first-order valence-electron chi connectivity index (χ1n) is 7.97. The number of aromatic nitrogens is 1. The van der Waals surface area contributed by atoms with Crippen LogP contribution in [0.4, 0.5) is 5.69 Å². The summed E-state index contributed by atoms with van der Waals surface area (Å²) in [5.41, 5.74) is 2.33. The normalized spacial score (nSPS) is 20.9. The predicted octanol–water partition coefficient (Wildman–Crippen LogP) is 1.40. The van der Waals surface area contributed by atoms with E-state index in [1.165, 1.54) is 0 Å². The molecule has 1 aromatic heterocycles. The van der Waals surface area contributed by atoms with Crippen LogP contribution in [0.2, 0.25) is 0 Å². The number of pyridine rings is 1. The summed E-state index contributed by atoms with van der Waals surface area (Å²) < 4.78 is 0. The minimum atomic E-state index is -0.302. The van der Waals surface area contributed by atoms with E-state index in [0.29, 0.717) is 16.2 Å². The van der Waals surface area contributed by atoms with E-state index in [1.54, 1.807) is 0 Å². The monoisotopic (exact) mass is 314 g/mol. The number of Topliss-reactive ketones (excluding diaryl/α,β-unsaturated/α-hetero) is 1. The van der Waals surface area contributed by atoms with Crippen LogP contribution in [-0.2, 0) is 0 Å². The van der Waals surface area contributed by atoms with Crippen molar-refractivity contribution in [2.24, 2.45) is 5.92 Å². The fourth-order valence-electron chi connectivity index (χ4n) is 3.69. The summed E-state index contributed by atoms with van der Waals surface area (Å²) in [6, 6.07) is 14.8. The van der Waals surface area contributed by atoms with E-state index < -0.39 is 0 Å². The van der Waals surface area contributed by atoms with Crippen LogP contribution in [0, 0.1) is 5.92 Å². The smallest absolute Gasteiger partial charge is 0.196 e. The van der Waals surface area contributed by atoms with Gasteiger partial charge in [-0.2, -0.15) is 0 Å². The zero-order chi connectivity index (χ0) is 16.3. The number of ketones is 1. The van der Waals surface area contributed by atoms with E-state index >= 15 is 0 Å². The van der Waals surface area contributed by atoms with E-state index in [2.05, 4.69) is 10.3 Å². The summed E-state index contributed by atoms with van der Waals surface area (Å²) in [4.78, 5) is 28.9. The second-order valence-corrected chi connectivity index (χ2v) is 6.27. The number of carbonyl (C=O) groups excluding carboxylic acids is 1. The summed E-state index contributed by atoms with van der Waals surface area (Å²) in [6.07, 6.45) is 3.78. The molecule has 0 saturated heterocycles. The van der Waals surface area contributed by atoms with Crippen LogP contribution in [0.25, 0.3) is 23.1 Å². The van der Waals surface area contributed by atoms with Gasteiger partial charge >= 0.3 is 0 Å². The Hall–Kier alpha value is -3.14. The number of fused-ring (bicyclic) bond motifs is 4. The van der Waals surface area contributed by atoms with Gasteiger partial charge in [0, 0.05) is 32.7 Å². The van der Waals surface area contributed by atoms with Crippen molar-refractivity contribution in [2.45, 2.75) is 6.04 Å². The van der Waals surface area contributed by atoms with Crippen molar-refractivity contribution in [3.63, 3.8) is 0 Å². The summed E-state index contributed by atoms with van der Waals surface area (Å²) in [5.74, 6) is -0.213. The Balaban J connectivity index is 1.80. The lowest BCUT2D eigenvalue weighted by Crippen LogP contribution is -2.50. The topological polar surface area (TPSA) is 62.0 Å². The fraction of sp³-hybridized carbons (Fsp3) is 0.100. The standard InChI is InChI=1S/C20H14N2O2/c23-19-11-5-1-3-7-15(11)21-17-10-14-18(9-13(17)19)22-16-8-4-2-6-12(16)20(14)24/h1-10,13,17,21-22H. The van der Waals surface area contributed by atoms with Gasteiger partial charge in [-0.25, -0.2) is 0 Å². The van der Waals surface area contributed by atoms with Crippen molar-refractivity contribution < 1.29 is 4.79 Å². The number of nitrogens with one attached hydrogen (secondary N) is 2. The van der Waals surface area contributed by atoms with Gasteiger partial charge in [-0.05, 0) is 36.4 Å². The maximum Gasteiger partial charge on any atom is 0.196 e. The number of rotatable bonds is 0. The van der Waals surface area contributed by atoms with E-state index in [1.807, 2.05) is 60.7 Å².